The zero-order valence-electron chi connectivity index (χ0n) is 12.0. The maximum atomic E-state index is 5.70. The lowest BCUT2D eigenvalue weighted by Crippen LogP contribution is -2.44. The fourth-order valence-electron chi connectivity index (χ4n) is 3.24. The highest BCUT2D eigenvalue weighted by atomic mass is 16.5. The molecule has 0 spiro atoms. The van der Waals surface area contributed by atoms with Crippen LogP contribution in [0.25, 0.3) is 0 Å². The summed E-state index contributed by atoms with van der Waals surface area (Å²) in [6.45, 7) is 6.73. The Bertz CT molecular complexity index is 434. The summed E-state index contributed by atoms with van der Waals surface area (Å²) in [5.41, 5.74) is 6.98. The molecule has 0 saturated carbocycles. The van der Waals surface area contributed by atoms with Crippen molar-refractivity contribution in [1.29, 1.82) is 0 Å². The third kappa shape index (κ3) is 2.95. The van der Waals surface area contributed by atoms with Crippen LogP contribution < -0.4 is 10.6 Å². The van der Waals surface area contributed by atoms with Crippen LogP contribution in [0.4, 0.5) is 5.82 Å². The van der Waals surface area contributed by atoms with Crippen molar-refractivity contribution >= 4 is 5.82 Å². The Morgan fingerprint density at radius 3 is 2.95 bits per heavy atom. The van der Waals surface area contributed by atoms with Crippen molar-refractivity contribution in [3.05, 3.63) is 23.9 Å². The van der Waals surface area contributed by atoms with Gasteiger partial charge in [0.2, 0.25) is 0 Å². The zero-order valence-corrected chi connectivity index (χ0v) is 12.0. The fraction of sp³-hybridized carbons (Fsp3) is 0.667. The molecule has 1 aromatic heterocycles. The van der Waals surface area contributed by atoms with Crippen LogP contribution in [0.3, 0.4) is 0 Å². The Morgan fingerprint density at radius 2 is 2.15 bits per heavy atom. The highest BCUT2D eigenvalue weighted by Crippen LogP contribution is 2.25. The molecular formula is C15H24N4O. The molecule has 0 amide bonds. The lowest BCUT2D eigenvalue weighted by Gasteiger charge is -2.32. The molecule has 1 atom stereocenters. The van der Waals surface area contributed by atoms with E-state index in [9.17, 15) is 0 Å². The van der Waals surface area contributed by atoms with Gasteiger partial charge in [0.15, 0.2) is 0 Å². The monoisotopic (exact) mass is 276 g/mol. The second-order valence-electron chi connectivity index (χ2n) is 5.56. The van der Waals surface area contributed by atoms with Crippen LogP contribution in [0.5, 0.6) is 0 Å². The molecule has 0 radical (unpaired) electrons. The lowest BCUT2D eigenvalue weighted by atomic mass is 10.2. The topological polar surface area (TPSA) is 54.6 Å². The minimum Gasteiger partial charge on any atom is -0.379 e. The molecular weight excluding hydrogens is 252 g/mol. The van der Waals surface area contributed by atoms with Crippen LogP contribution in [0.15, 0.2) is 18.3 Å². The van der Waals surface area contributed by atoms with E-state index in [2.05, 4.69) is 20.9 Å². The van der Waals surface area contributed by atoms with E-state index in [1.54, 1.807) is 0 Å². The first kappa shape index (κ1) is 13.8. The Hall–Kier alpha value is -1.17. The number of rotatable bonds is 4. The summed E-state index contributed by atoms with van der Waals surface area (Å²) in [6, 6.07) is 4.80. The normalized spacial score (nSPS) is 24.2. The number of aromatic nitrogens is 1. The summed E-state index contributed by atoms with van der Waals surface area (Å²) >= 11 is 0. The summed E-state index contributed by atoms with van der Waals surface area (Å²) in [6.07, 6.45) is 4.01. The maximum Gasteiger partial charge on any atom is 0.131 e. The number of ether oxygens (including phenoxy) is 1. The van der Waals surface area contributed by atoms with E-state index in [-0.39, 0.29) is 0 Å². The fourth-order valence-corrected chi connectivity index (χ4v) is 3.24. The standard InChI is InChI=1S/C15H24N4O/c16-5-3-13-2-1-6-17-15(13)19-7-4-14(12-19)18-8-10-20-11-9-18/h1-2,6,14H,3-5,7-12,16H2. The van der Waals surface area contributed by atoms with Crippen LogP contribution >= 0.6 is 0 Å². The molecule has 3 rings (SSSR count). The highest BCUT2D eigenvalue weighted by Gasteiger charge is 2.30. The van der Waals surface area contributed by atoms with Crippen LogP contribution in [-0.2, 0) is 11.2 Å². The van der Waals surface area contributed by atoms with Gasteiger partial charge in [-0.2, -0.15) is 0 Å². The number of anilines is 1. The molecule has 110 valence electrons. The van der Waals surface area contributed by atoms with Crippen LogP contribution in [0, 0.1) is 0 Å². The predicted octanol–water partition coefficient (Wildman–Crippen LogP) is 0.494. The number of nitrogens with zero attached hydrogens (tertiary/aromatic N) is 3. The summed E-state index contributed by atoms with van der Waals surface area (Å²) in [5, 5.41) is 0. The van der Waals surface area contributed by atoms with Gasteiger partial charge in [-0.3, -0.25) is 4.90 Å². The van der Waals surface area contributed by atoms with E-state index in [4.69, 9.17) is 10.5 Å². The molecule has 3 heterocycles. The molecule has 2 saturated heterocycles. The van der Waals surface area contributed by atoms with Crippen molar-refractivity contribution in [1.82, 2.24) is 9.88 Å². The van der Waals surface area contributed by atoms with Crippen molar-refractivity contribution < 1.29 is 4.74 Å². The quantitative estimate of drug-likeness (QED) is 0.867. The molecule has 5 nitrogen and oxygen atoms in total. The van der Waals surface area contributed by atoms with E-state index in [0.717, 1.165) is 51.6 Å². The average Bonchev–Trinajstić information content (AvgIpc) is 2.99. The summed E-state index contributed by atoms with van der Waals surface area (Å²) in [7, 11) is 0. The molecule has 2 fully saturated rings. The minimum absolute atomic E-state index is 0.645. The average molecular weight is 276 g/mol. The first-order valence-corrected chi connectivity index (χ1v) is 7.59. The Balaban J connectivity index is 1.67. The smallest absolute Gasteiger partial charge is 0.131 e. The van der Waals surface area contributed by atoms with Gasteiger partial charge < -0.3 is 15.4 Å². The van der Waals surface area contributed by atoms with Gasteiger partial charge in [-0.1, -0.05) is 6.07 Å². The number of morpholine rings is 1. The summed E-state index contributed by atoms with van der Waals surface area (Å²) in [4.78, 5) is 9.57. The van der Waals surface area contributed by atoms with Crippen molar-refractivity contribution in [2.75, 3.05) is 50.8 Å². The lowest BCUT2D eigenvalue weighted by molar-refractivity contribution is 0.0209. The number of nitrogens with two attached hydrogens (primary N) is 1. The third-order valence-corrected chi connectivity index (χ3v) is 4.31. The minimum atomic E-state index is 0.645. The van der Waals surface area contributed by atoms with Gasteiger partial charge in [0.25, 0.3) is 0 Å². The SMILES string of the molecule is NCCc1cccnc1N1CCC(N2CCOCC2)C1. The van der Waals surface area contributed by atoms with Gasteiger partial charge in [-0.05, 0) is 31.0 Å². The van der Waals surface area contributed by atoms with Gasteiger partial charge in [0.1, 0.15) is 5.82 Å². The molecule has 1 unspecified atom stereocenters. The Kier molecular flexibility index (Phi) is 4.50. The van der Waals surface area contributed by atoms with Gasteiger partial charge in [0.05, 0.1) is 13.2 Å². The van der Waals surface area contributed by atoms with Crippen LogP contribution in [0.1, 0.15) is 12.0 Å². The summed E-state index contributed by atoms with van der Waals surface area (Å²) < 4.78 is 5.44. The highest BCUT2D eigenvalue weighted by molar-refractivity contribution is 5.48. The molecule has 2 N–H and O–H groups in total. The van der Waals surface area contributed by atoms with Crippen molar-refractivity contribution in [3.63, 3.8) is 0 Å². The van der Waals surface area contributed by atoms with Gasteiger partial charge >= 0.3 is 0 Å². The molecule has 0 aromatic carbocycles. The molecule has 1 aromatic rings. The van der Waals surface area contributed by atoms with E-state index >= 15 is 0 Å². The Labute approximate surface area is 120 Å². The molecule has 5 heteroatoms. The second-order valence-corrected chi connectivity index (χ2v) is 5.56. The van der Waals surface area contributed by atoms with Gasteiger partial charge in [-0.25, -0.2) is 4.98 Å². The van der Waals surface area contributed by atoms with Gasteiger partial charge in [-0.15, -0.1) is 0 Å². The van der Waals surface area contributed by atoms with Crippen molar-refractivity contribution in [2.24, 2.45) is 5.73 Å². The molecule has 2 aliphatic rings. The number of pyridine rings is 1. The molecule has 0 bridgehead atoms. The number of hydrogen-bond donors (Lipinski definition) is 1. The van der Waals surface area contributed by atoms with E-state index < -0.39 is 0 Å². The maximum absolute atomic E-state index is 5.70. The number of hydrogen-bond acceptors (Lipinski definition) is 5. The van der Waals surface area contributed by atoms with Crippen LogP contribution in [0.2, 0.25) is 0 Å². The van der Waals surface area contributed by atoms with Gasteiger partial charge in [0, 0.05) is 38.4 Å². The van der Waals surface area contributed by atoms with E-state index in [1.807, 2.05) is 12.3 Å². The first-order chi connectivity index (χ1) is 9.88. The van der Waals surface area contributed by atoms with E-state index in [1.165, 1.54) is 12.0 Å². The molecule has 2 aliphatic heterocycles. The van der Waals surface area contributed by atoms with Crippen molar-refractivity contribution in [2.45, 2.75) is 18.9 Å². The first-order valence-electron chi connectivity index (χ1n) is 7.59. The largest absolute Gasteiger partial charge is 0.379 e. The van der Waals surface area contributed by atoms with Crippen molar-refractivity contribution in [3.8, 4) is 0 Å². The molecule has 0 aliphatic carbocycles. The Morgan fingerprint density at radius 1 is 1.30 bits per heavy atom. The summed E-state index contributed by atoms with van der Waals surface area (Å²) in [5.74, 6) is 1.13. The molecule has 20 heavy (non-hydrogen) atoms. The second kappa shape index (κ2) is 6.52. The predicted molar refractivity (Wildman–Crippen MR) is 80.0 cm³/mol. The zero-order chi connectivity index (χ0) is 13.8. The third-order valence-electron chi connectivity index (χ3n) is 4.31. The van der Waals surface area contributed by atoms with Crippen LogP contribution in [-0.4, -0.2) is 61.9 Å². The van der Waals surface area contributed by atoms with E-state index in [0.29, 0.717) is 12.6 Å².